The van der Waals surface area contributed by atoms with Crippen LogP contribution in [0.1, 0.15) is 26.0 Å². The summed E-state index contributed by atoms with van der Waals surface area (Å²) in [7, 11) is 0. The average molecular weight is 279 g/mol. The predicted molar refractivity (Wildman–Crippen MR) is 76.6 cm³/mol. The number of aromatic nitrogens is 4. The third-order valence-electron chi connectivity index (χ3n) is 2.58. The van der Waals surface area contributed by atoms with Gasteiger partial charge in [0, 0.05) is 13.1 Å². The molecule has 6 nitrogen and oxygen atoms in total. The summed E-state index contributed by atoms with van der Waals surface area (Å²) in [6.07, 6.45) is 1.02. The van der Waals surface area contributed by atoms with Crippen LogP contribution in [-0.4, -0.2) is 26.5 Å². The zero-order valence-corrected chi connectivity index (χ0v) is 12.1. The average Bonchev–Trinajstić information content (AvgIpc) is 2.87. The number of hydrogen-bond acceptors (Lipinski definition) is 6. The van der Waals surface area contributed by atoms with Crippen LogP contribution in [0, 0.1) is 6.92 Å². The Kier molecular flexibility index (Phi) is 4.26. The lowest BCUT2D eigenvalue weighted by Gasteiger charge is -2.04. The van der Waals surface area contributed by atoms with E-state index < -0.39 is 0 Å². The molecule has 1 N–H and O–H groups in total. The van der Waals surface area contributed by atoms with E-state index >= 15 is 0 Å². The van der Waals surface area contributed by atoms with Gasteiger partial charge in [-0.2, -0.15) is 5.10 Å². The fourth-order valence-electron chi connectivity index (χ4n) is 1.68. The Hall–Kier alpha value is -1.76. The van der Waals surface area contributed by atoms with Crippen molar-refractivity contribution in [1.82, 2.24) is 20.0 Å². The zero-order chi connectivity index (χ0) is 13.8. The summed E-state index contributed by atoms with van der Waals surface area (Å²) >= 11 is 1.39. The molecule has 2 aromatic rings. The largest absolute Gasteiger partial charge is 0.360 e. The molecule has 7 heteroatoms. The first-order valence-corrected chi connectivity index (χ1v) is 7.13. The summed E-state index contributed by atoms with van der Waals surface area (Å²) in [6, 6.07) is 1.76. The molecule has 0 amide bonds. The Morgan fingerprint density at radius 2 is 2.16 bits per heavy atom. The Labute approximate surface area is 115 Å². The fraction of sp³-hybridized carbons (Fsp3) is 0.500. The van der Waals surface area contributed by atoms with E-state index in [1.54, 1.807) is 6.07 Å². The van der Waals surface area contributed by atoms with Gasteiger partial charge in [0.15, 0.2) is 5.01 Å². The highest BCUT2D eigenvalue weighted by Gasteiger charge is 2.13. The fourth-order valence-corrected chi connectivity index (χ4v) is 2.45. The third kappa shape index (κ3) is 2.98. The highest BCUT2D eigenvalue weighted by Crippen LogP contribution is 2.23. The number of anilines is 1. The van der Waals surface area contributed by atoms with Gasteiger partial charge in [0.05, 0.1) is 11.3 Å². The van der Waals surface area contributed by atoms with Gasteiger partial charge in [-0.25, -0.2) is 4.68 Å². The second-order valence-corrected chi connectivity index (χ2v) is 5.14. The normalized spacial score (nSPS) is 10.7. The first kappa shape index (κ1) is 13.7. The highest BCUT2D eigenvalue weighted by molar-refractivity contribution is 7.18. The van der Waals surface area contributed by atoms with Crippen LogP contribution in [0.15, 0.2) is 10.9 Å². The minimum Gasteiger partial charge on any atom is -0.360 e. The van der Waals surface area contributed by atoms with Crippen molar-refractivity contribution in [2.75, 3.05) is 11.9 Å². The van der Waals surface area contributed by atoms with E-state index in [0.29, 0.717) is 17.1 Å². The van der Waals surface area contributed by atoms with Crippen molar-refractivity contribution in [3.8, 4) is 10.6 Å². The minimum absolute atomic E-state index is 0.119. The second kappa shape index (κ2) is 5.92. The molecule has 0 bridgehead atoms. The number of aryl methyl sites for hydroxylation is 2. The van der Waals surface area contributed by atoms with Crippen LogP contribution in [0.2, 0.25) is 0 Å². The van der Waals surface area contributed by atoms with E-state index in [-0.39, 0.29) is 5.56 Å². The molecule has 102 valence electrons. The van der Waals surface area contributed by atoms with E-state index in [0.717, 1.165) is 23.8 Å². The summed E-state index contributed by atoms with van der Waals surface area (Å²) < 4.78 is 1.45. The molecule has 0 spiro atoms. The summed E-state index contributed by atoms with van der Waals surface area (Å²) in [5, 5.41) is 16.9. The van der Waals surface area contributed by atoms with Crippen molar-refractivity contribution in [3.63, 3.8) is 0 Å². The molecule has 2 rings (SSSR count). The van der Waals surface area contributed by atoms with E-state index in [9.17, 15) is 4.79 Å². The maximum atomic E-state index is 12.2. The molecule has 0 unspecified atom stereocenters. The molecule has 0 aromatic carbocycles. The molecule has 0 aliphatic heterocycles. The molecule has 0 radical (unpaired) electrons. The standard InChI is InChI=1S/C12H17N5OS/c1-4-6-13-12-15-14-10(19-12)9-7-8(3)16-17(5-2)11(9)18/h7H,4-6H2,1-3H3,(H,13,15). The Bertz CT molecular complexity index is 619. The van der Waals surface area contributed by atoms with Crippen LogP contribution < -0.4 is 10.9 Å². The summed E-state index contributed by atoms with van der Waals surface area (Å²) in [5.74, 6) is 0. The van der Waals surface area contributed by atoms with Crippen LogP contribution in [0.25, 0.3) is 10.6 Å². The van der Waals surface area contributed by atoms with Crippen LogP contribution in [0.4, 0.5) is 5.13 Å². The smallest absolute Gasteiger partial charge is 0.277 e. The third-order valence-corrected chi connectivity index (χ3v) is 3.49. The number of rotatable bonds is 5. The molecule has 0 saturated carbocycles. The minimum atomic E-state index is -0.119. The Morgan fingerprint density at radius 1 is 1.37 bits per heavy atom. The van der Waals surface area contributed by atoms with Crippen LogP contribution in [0.3, 0.4) is 0 Å². The van der Waals surface area contributed by atoms with Gasteiger partial charge in [-0.3, -0.25) is 4.79 Å². The van der Waals surface area contributed by atoms with Gasteiger partial charge >= 0.3 is 0 Å². The van der Waals surface area contributed by atoms with E-state index in [1.165, 1.54) is 16.0 Å². The second-order valence-electron chi connectivity index (χ2n) is 4.16. The predicted octanol–water partition coefficient (Wildman–Crippen LogP) is 1.91. The molecule has 0 saturated heterocycles. The SMILES string of the molecule is CCCNc1nnc(-c2cc(C)nn(CC)c2=O)s1. The van der Waals surface area contributed by atoms with Gasteiger partial charge in [0.1, 0.15) is 0 Å². The van der Waals surface area contributed by atoms with Gasteiger partial charge in [-0.15, -0.1) is 10.2 Å². The molecule has 0 aliphatic rings. The molecule has 2 aromatic heterocycles. The molecular formula is C12H17N5OS. The molecule has 0 atom stereocenters. The lowest BCUT2D eigenvalue weighted by molar-refractivity contribution is 0.607. The van der Waals surface area contributed by atoms with Crippen molar-refractivity contribution in [3.05, 3.63) is 22.1 Å². The number of hydrogen-bond donors (Lipinski definition) is 1. The first-order chi connectivity index (χ1) is 9.15. The highest BCUT2D eigenvalue weighted by atomic mass is 32.1. The van der Waals surface area contributed by atoms with Crippen molar-refractivity contribution in [2.24, 2.45) is 0 Å². The topological polar surface area (TPSA) is 72.7 Å². The van der Waals surface area contributed by atoms with E-state index in [2.05, 4.69) is 27.5 Å². The van der Waals surface area contributed by atoms with Crippen LogP contribution in [-0.2, 0) is 6.54 Å². The van der Waals surface area contributed by atoms with Gasteiger partial charge in [-0.1, -0.05) is 18.3 Å². The first-order valence-electron chi connectivity index (χ1n) is 6.32. The lowest BCUT2D eigenvalue weighted by atomic mass is 10.3. The summed E-state index contributed by atoms with van der Waals surface area (Å²) in [6.45, 7) is 7.25. The molecule has 2 heterocycles. The Balaban J connectivity index is 2.38. The van der Waals surface area contributed by atoms with Crippen molar-refractivity contribution >= 4 is 16.5 Å². The van der Waals surface area contributed by atoms with Crippen molar-refractivity contribution in [2.45, 2.75) is 33.7 Å². The van der Waals surface area contributed by atoms with Crippen molar-refractivity contribution in [1.29, 1.82) is 0 Å². The van der Waals surface area contributed by atoms with Crippen molar-refractivity contribution < 1.29 is 0 Å². The zero-order valence-electron chi connectivity index (χ0n) is 11.3. The molecule has 0 fully saturated rings. The molecular weight excluding hydrogens is 262 g/mol. The van der Waals surface area contributed by atoms with Crippen LogP contribution in [0.5, 0.6) is 0 Å². The van der Waals surface area contributed by atoms with E-state index in [1.807, 2.05) is 13.8 Å². The number of nitrogens with one attached hydrogen (secondary N) is 1. The van der Waals surface area contributed by atoms with Gasteiger partial charge in [-0.05, 0) is 26.3 Å². The molecule has 19 heavy (non-hydrogen) atoms. The van der Waals surface area contributed by atoms with Gasteiger partial charge in [0.25, 0.3) is 5.56 Å². The summed E-state index contributed by atoms with van der Waals surface area (Å²) in [4.78, 5) is 12.2. The number of nitrogens with zero attached hydrogens (tertiary/aromatic N) is 4. The monoisotopic (exact) mass is 279 g/mol. The quantitative estimate of drug-likeness (QED) is 0.905. The van der Waals surface area contributed by atoms with Crippen LogP contribution >= 0.6 is 11.3 Å². The maximum absolute atomic E-state index is 12.2. The Morgan fingerprint density at radius 3 is 2.84 bits per heavy atom. The lowest BCUT2D eigenvalue weighted by Crippen LogP contribution is -2.24. The van der Waals surface area contributed by atoms with E-state index in [4.69, 9.17) is 0 Å². The van der Waals surface area contributed by atoms with Gasteiger partial charge < -0.3 is 5.32 Å². The molecule has 0 aliphatic carbocycles. The van der Waals surface area contributed by atoms with Gasteiger partial charge in [0.2, 0.25) is 5.13 Å². The maximum Gasteiger partial charge on any atom is 0.277 e. The summed E-state index contributed by atoms with van der Waals surface area (Å²) in [5.41, 5.74) is 1.25.